The molecule has 4 fully saturated rings. The van der Waals surface area contributed by atoms with Gasteiger partial charge in [0, 0.05) is 0 Å². The van der Waals surface area contributed by atoms with E-state index in [0.29, 0.717) is 21.7 Å². The molecule has 0 saturated heterocycles. The summed E-state index contributed by atoms with van der Waals surface area (Å²) in [5, 5.41) is 0. The molecule has 6 rings (SSSR count). The van der Waals surface area contributed by atoms with Gasteiger partial charge in [0.25, 0.3) is 0 Å². The molecule has 0 N–H and O–H groups in total. The van der Waals surface area contributed by atoms with Crippen LogP contribution in [0.1, 0.15) is 44.2 Å². The van der Waals surface area contributed by atoms with E-state index in [-0.39, 0.29) is 11.4 Å². The Labute approximate surface area is 174 Å². The van der Waals surface area contributed by atoms with Crippen molar-refractivity contribution in [1.82, 2.24) is 4.73 Å². The zero-order chi connectivity index (χ0) is 19.5. The first kappa shape index (κ1) is 18.4. The lowest BCUT2D eigenvalue weighted by Crippen LogP contribution is -2.52. The van der Waals surface area contributed by atoms with E-state index in [2.05, 4.69) is 0 Å². The highest BCUT2D eigenvalue weighted by atomic mass is 32.1. The minimum absolute atomic E-state index is 0.0649. The van der Waals surface area contributed by atoms with Crippen molar-refractivity contribution in [2.75, 3.05) is 7.11 Å². The molecule has 1 aromatic heterocycles. The molecule has 6 heteroatoms. The summed E-state index contributed by atoms with van der Waals surface area (Å²) in [7, 11) is 1.66. The average molecular weight is 416 g/mol. The standard InChI is InChI=1S/C22H25NO3S2/c1-13-19(17-3-5-18(25-2)6-4-17)28-21(27)23(13)26-20(24)22-10-14-7-15(11-22)9-16(8-14)12-22/h3-6,14-16H,7-12H2,1-2H3. The van der Waals surface area contributed by atoms with Gasteiger partial charge in [-0.15, -0.1) is 11.3 Å². The van der Waals surface area contributed by atoms with Crippen molar-refractivity contribution in [2.45, 2.75) is 45.4 Å². The van der Waals surface area contributed by atoms with E-state index in [9.17, 15) is 4.79 Å². The van der Waals surface area contributed by atoms with Crippen LogP contribution in [0.4, 0.5) is 0 Å². The molecule has 4 aliphatic rings. The van der Waals surface area contributed by atoms with Crippen LogP contribution in [0.2, 0.25) is 0 Å². The van der Waals surface area contributed by atoms with Crippen molar-refractivity contribution < 1.29 is 14.4 Å². The minimum atomic E-state index is -0.280. The summed E-state index contributed by atoms with van der Waals surface area (Å²) >= 11 is 7.04. The first-order chi connectivity index (χ1) is 13.5. The summed E-state index contributed by atoms with van der Waals surface area (Å²) in [6.07, 6.45) is 6.93. The number of methoxy groups -OCH3 is 1. The Morgan fingerprint density at radius 3 is 2.21 bits per heavy atom. The van der Waals surface area contributed by atoms with Gasteiger partial charge in [-0.2, -0.15) is 4.73 Å². The molecular weight excluding hydrogens is 390 g/mol. The summed E-state index contributed by atoms with van der Waals surface area (Å²) in [6.45, 7) is 1.97. The Kier molecular flexibility index (Phi) is 4.40. The molecule has 0 radical (unpaired) electrons. The lowest BCUT2D eigenvalue weighted by Gasteiger charge is -2.54. The van der Waals surface area contributed by atoms with E-state index in [1.54, 1.807) is 11.8 Å². The minimum Gasteiger partial charge on any atom is -0.497 e. The summed E-state index contributed by atoms with van der Waals surface area (Å²) in [5.41, 5.74) is 1.66. The van der Waals surface area contributed by atoms with Crippen LogP contribution in [0.5, 0.6) is 5.75 Å². The molecule has 0 unspecified atom stereocenters. The maximum Gasteiger partial charge on any atom is 0.339 e. The number of hydrogen-bond acceptors (Lipinski definition) is 5. The van der Waals surface area contributed by atoms with Crippen LogP contribution in [-0.4, -0.2) is 17.8 Å². The second-order valence-electron chi connectivity index (χ2n) is 8.88. The molecule has 4 bridgehead atoms. The molecule has 0 aliphatic heterocycles. The van der Waals surface area contributed by atoms with E-state index < -0.39 is 0 Å². The Morgan fingerprint density at radius 1 is 1.11 bits per heavy atom. The van der Waals surface area contributed by atoms with Gasteiger partial charge in [-0.1, -0.05) is 0 Å². The van der Waals surface area contributed by atoms with Gasteiger partial charge >= 0.3 is 5.97 Å². The molecule has 4 aliphatic carbocycles. The summed E-state index contributed by atoms with van der Waals surface area (Å²) in [4.78, 5) is 20.3. The summed E-state index contributed by atoms with van der Waals surface area (Å²) in [6, 6.07) is 7.89. The predicted octanol–water partition coefficient (Wildman–Crippen LogP) is 5.43. The van der Waals surface area contributed by atoms with E-state index in [0.717, 1.165) is 41.1 Å². The van der Waals surface area contributed by atoms with Gasteiger partial charge in [-0.05, 0) is 105 Å². The van der Waals surface area contributed by atoms with E-state index >= 15 is 0 Å². The number of nitrogens with zero attached hydrogens (tertiary/aromatic N) is 1. The van der Waals surface area contributed by atoms with Gasteiger partial charge in [0.2, 0.25) is 0 Å². The number of carbonyl (C=O) groups is 1. The fourth-order valence-electron chi connectivity index (χ4n) is 6.09. The smallest absolute Gasteiger partial charge is 0.339 e. The highest BCUT2D eigenvalue weighted by Gasteiger charge is 2.56. The number of rotatable bonds is 4. The van der Waals surface area contributed by atoms with Crippen LogP contribution in [-0.2, 0) is 4.79 Å². The molecule has 4 nitrogen and oxygen atoms in total. The molecule has 1 heterocycles. The van der Waals surface area contributed by atoms with Crippen LogP contribution < -0.4 is 9.57 Å². The molecule has 0 atom stereocenters. The number of hydrogen-bond donors (Lipinski definition) is 0. The van der Waals surface area contributed by atoms with Crippen molar-refractivity contribution in [3.8, 4) is 16.2 Å². The summed E-state index contributed by atoms with van der Waals surface area (Å²) < 4.78 is 7.41. The van der Waals surface area contributed by atoms with Crippen LogP contribution >= 0.6 is 23.6 Å². The van der Waals surface area contributed by atoms with Crippen molar-refractivity contribution in [1.29, 1.82) is 0 Å². The van der Waals surface area contributed by atoms with Crippen molar-refractivity contribution in [2.24, 2.45) is 23.2 Å². The highest BCUT2D eigenvalue weighted by molar-refractivity contribution is 7.73. The normalized spacial score (nSPS) is 30.4. The Morgan fingerprint density at radius 2 is 1.68 bits per heavy atom. The zero-order valence-corrected chi connectivity index (χ0v) is 17.9. The average Bonchev–Trinajstić information content (AvgIpc) is 2.95. The topological polar surface area (TPSA) is 40.5 Å². The highest BCUT2D eigenvalue weighted by Crippen LogP contribution is 2.60. The van der Waals surface area contributed by atoms with Gasteiger partial charge in [-0.3, -0.25) is 0 Å². The fraction of sp³-hybridized carbons (Fsp3) is 0.545. The van der Waals surface area contributed by atoms with E-state index in [1.807, 2.05) is 31.2 Å². The van der Waals surface area contributed by atoms with Gasteiger partial charge in [0.1, 0.15) is 5.75 Å². The Hall–Kier alpha value is -1.66. The van der Waals surface area contributed by atoms with Gasteiger partial charge in [0.15, 0.2) is 3.95 Å². The quantitative estimate of drug-likeness (QED) is 0.624. The monoisotopic (exact) mass is 415 g/mol. The molecule has 148 valence electrons. The van der Waals surface area contributed by atoms with Gasteiger partial charge < -0.3 is 9.57 Å². The lowest BCUT2D eigenvalue weighted by atomic mass is 9.49. The van der Waals surface area contributed by atoms with Crippen molar-refractivity contribution >= 4 is 29.5 Å². The maximum atomic E-state index is 13.3. The Bertz CT molecular complexity index is 937. The third kappa shape index (κ3) is 2.92. The number of carbonyl (C=O) groups excluding carboxylic acids is 1. The zero-order valence-electron chi connectivity index (χ0n) is 16.3. The second-order valence-corrected chi connectivity index (χ2v) is 10.5. The first-order valence-electron chi connectivity index (χ1n) is 10.1. The van der Waals surface area contributed by atoms with Crippen molar-refractivity contribution in [3.63, 3.8) is 0 Å². The molecule has 28 heavy (non-hydrogen) atoms. The number of aromatic nitrogens is 1. The number of benzene rings is 1. The van der Waals surface area contributed by atoms with E-state index in [4.69, 9.17) is 21.8 Å². The first-order valence-corrected chi connectivity index (χ1v) is 11.3. The SMILES string of the molecule is COc1ccc(-c2sc(=S)n(OC(=O)C34CC5CC(CC(C5)C3)C4)c2C)cc1. The maximum absolute atomic E-state index is 13.3. The molecule has 2 aromatic rings. The Balaban J connectivity index is 1.42. The molecule has 0 spiro atoms. The van der Waals surface area contributed by atoms with E-state index in [1.165, 1.54) is 30.6 Å². The molecule has 1 aromatic carbocycles. The molecule has 0 amide bonds. The van der Waals surface area contributed by atoms with Gasteiger partial charge in [-0.25, -0.2) is 4.79 Å². The summed E-state index contributed by atoms with van der Waals surface area (Å²) in [5.74, 6) is 2.89. The van der Waals surface area contributed by atoms with Crippen LogP contribution in [0.25, 0.3) is 10.4 Å². The number of ether oxygens (including phenoxy) is 1. The third-order valence-electron chi connectivity index (χ3n) is 6.99. The van der Waals surface area contributed by atoms with Crippen LogP contribution in [0.3, 0.4) is 0 Å². The molecular formula is C22H25NO3S2. The predicted molar refractivity (Wildman–Crippen MR) is 112 cm³/mol. The molecule has 4 saturated carbocycles. The fourth-order valence-corrected chi connectivity index (χ4v) is 7.43. The van der Waals surface area contributed by atoms with Gasteiger partial charge in [0.05, 0.1) is 23.1 Å². The third-order valence-corrected chi connectivity index (χ3v) is 8.48. The lowest BCUT2D eigenvalue weighted by molar-refractivity contribution is -0.172. The van der Waals surface area contributed by atoms with Crippen LogP contribution in [0, 0.1) is 34.0 Å². The van der Waals surface area contributed by atoms with Crippen LogP contribution in [0.15, 0.2) is 24.3 Å². The second kappa shape index (κ2) is 6.70. The van der Waals surface area contributed by atoms with Crippen molar-refractivity contribution in [3.05, 3.63) is 33.9 Å². The largest absolute Gasteiger partial charge is 0.497 e. The number of thiazole rings is 1.